The Bertz CT molecular complexity index is 3110. The minimum atomic E-state index is 1.23. The van der Waals surface area contributed by atoms with Crippen LogP contribution in [0.1, 0.15) is 16.7 Å². The van der Waals surface area contributed by atoms with Crippen molar-refractivity contribution in [1.82, 2.24) is 0 Å². The molecular weight excluding hydrogens is 613 g/mol. The predicted molar refractivity (Wildman–Crippen MR) is 220 cm³/mol. The van der Waals surface area contributed by atoms with Crippen LogP contribution in [0.15, 0.2) is 152 Å². The normalized spacial score (nSPS) is 12.7. The molecule has 2 aliphatic carbocycles. The van der Waals surface area contributed by atoms with Crippen molar-refractivity contribution in [3.63, 3.8) is 0 Å². The minimum absolute atomic E-state index is 1.23. The van der Waals surface area contributed by atoms with Crippen LogP contribution in [0.4, 0.5) is 0 Å². The van der Waals surface area contributed by atoms with E-state index < -0.39 is 0 Å². The molecule has 2 aliphatic rings. The first kappa shape index (κ1) is 27.3. The van der Waals surface area contributed by atoms with E-state index in [1.54, 1.807) is 0 Å². The summed E-state index contributed by atoms with van der Waals surface area (Å²) < 4.78 is 0. The van der Waals surface area contributed by atoms with Gasteiger partial charge in [-0.05, 0) is 133 Å². The van der Waals surface area contributed by atoms with Gasteiger partial charge in [-0.1, -0.05) is 164 Å². The van der Waals surface area contributed by atoms with Gasteiger partial charge < -0.3 is 0 Å². The summed E-state index contributed by atoms with van der Waals surface area (Å²) in [6.45, 7) is 2.26. The second kappa shape index (κ2) is 9.81. The second-order valence-electron chi connectivity index (χ2n) is 14.3. The molecule has 0 unspecified atom stereocenters. The average Bonchev–Trinajstić information content (AvgIpc) is 3.77. The summed E-state index contributed by atoms with van der Waals surface area (Å²) in [5, 5.41) is 13.5. The highest BCUT2D eigenvalue weighted by atomic mass is 14.4. The van der Waals surface area contributed by atoms with Gasteiger partial charge >= 0.3 is 0 Å². The minimum Gasteiger partial charge on any atom is -0.0622 e. The van der Waals surface area contributed by atoms with Crippen LogP contribution < -0.4 is 0 Å². The fourth-order valence-corrected chi connectivity index (χ4v) is 9.78. The van der Waals surface area contributed by atoms with E-state index >= 15 is 0 Å². The zero-order valence-corrected chi connectivity index (χ0v) is 28.1. The van der Waals surface area contributed by atoms with Crippen molar-refractivity contribution in [2.24, 2.45) is 0 Å². The van der Waals surface area contributed by atoms with Crippen LogP contribution in [-0.2, 0) is 0 Å². The molecule has 0 atom stereocenters. The summed E-state index contributed by atoms with van der Waals surface area (Å²) >= 11 is 0. The Morgan fingerprint density at radius 1 is 0.275 bits per heavy atom. The van der Waals surface area contributed by atoms with Gasteiger partial charge in [0.15, 0.2) is 0 Å². The third kappa shape index (κ3) is 3.44. The Kier molecular flexibility index (Phi) is 5.26. The first-order valence-electron chi connectivity index (χ1n) is 17.9. The van der Waals surface area contributed by atoms with E-state index in [1.165, 1.54) is 126 Å². The molecule has 0 fully saturated rings. The molecule has 0 aliphatic heterocycles. The van der Waals surface area contributed by atoms with E-state index in [1.807, 2.05) is 0 Å². The molecule has 0 nitrogen and oxygen atoms in total. The third-order valence-corrected chi connectivity index (χ3v) is 11.9. The van der Waals surface area contributed by atoms with Gasteiger partial charge in [-0.3, -0.25) is 0 Å². The van der Waals surface area contributed by atoms with Crippen LogP contribution in [0.2, 0.25) is 0 Å². The molecule has 0 saturated heterocycles. The van der Waals surface area contributed by atoms with Crippen LogP contribution in [0.25, 0.3) is 122 Å². The van der Waals surface area contributed by atoms with Crippen LogP contribution in [0, 0.1) is 6.92 Å². The Morgan fingerprint density at radius 2 is 0.745 bits per heavy atom. The molecule has 0 aromatic heterocycles. The van der Waals surface area contributed by atoms with E-state index in [4.69, 9.17) is 0 Å². The largest absolute Gasteiger partial charge is 0.0622 e. The fourth-order valence-electron chi connectivity index (χ4n) is 9.78. The Balaban J connectivity index is 1.30. The summed E-state index contributed by atoms with van der Waals surface area (Å²) in [5.74, 6) is 0. The van der Waals surface area contributed by atoms with E-state index in [0.29, 0.717) is 0 Å². The molecule has 0 amide bonds. The monoisotopic (exact) mass is 642 g/mol. The molecule has 0 bridgehead atoms. The van der Waals surface area contributed by atoms with Gasteiger partial charge in [0.1, 0.15) is 0 Å². The molecule has 234 valence electrons. The van der Waals surface area contributed by atoms with Gasteiger partial charge in [0, 0.05) is 0 Å². The molecule has 12 rings (SSSR count). The maximum absolute atomic E-state index is 2.44. The van der Waals surface area contributed by atoms with E-state index in [2.05, 4.69) is 171 Å². The molecule has 0 saturated carbocycles. The maximum Gasteiger partial charge on any atom is -0.000718 e. The fraction of sp³-hybridized carbons (Fsp3) is 0.0196. The molecule has 0 N–H and O–H groups in total. The molecule has 10 aromatic rings. The second-order valence-corrected chi connectivity index (χ2v) is 14.3. The van der Waals surface area contributed by atoms with Gasteiger partial charge in [-0.25, -0.2) is 0 Å². The van der Waals surface area contributed by atoms with Crippen LogP contribution >= 0.6 is 0 Å². The molecule has 51 heavy (non-hydrogen) atoms. The molecule has 0 heteroatoms. The topological polar surface area (TPSA) is 0 Å². The number of hydrogen-bond donors (Lipinski definition) is 0. The van der Waals surface area contributed by atoms with Crippen molar-refractivity contribution in [3.05, 3.63) is 168 Å². The number of benzene rings is 10. The smallest absolute Gasteiger partial charge is 0.000718 e. The highest BCUT2D eigenvalue weighted by Gasteiger charge is 2.33. The zero-order valence-electron chi connectivity index (χ0n) is 28.1. The summed E-state index contributed by atoms with van der Waals surface area (Å²) in [7, 11) is 0. The van der Waals surface area contributed by atoms with Gasteiger partial charge in [-0.2, -0.15) is 0 Å². The Morgan fingerprint density at radius 3 is 1.35 bits per heavy atom. The lowest BCUT2D eigenvalue weighted by molar-refractivity contribution is 1.47. The average molecular weight is 643 g/mol. The summed E-state index contributed by atoms with van der Waals surface area (Å²) in [4.78, 5) is 0. The molecule has 0 spiro atoms. The van der Waals surface area contributed by atoms with Crippen LogP contribution in [0.5, 0.6) is 0 Å². The van der Waals surface area contributed by atoms with E-state index in [-0.39, 0.29) is 0 Å². The number of aryl methyl sites for hydroxylation is 1. The van der Waals surface area contributed by atoms with Crippen molar-refractivity contribution < 1.29 is 0 Å². The maximum atomic E-state index is 2.44. The first-order chi connectivity index (χ1) is 25.3. The quantitative estimate of drug-likeness (QED) is 0.133. The van der Waals surface area contributed by atoms with E-state index in [0.717, 1.165) is 0 Å². The number of hydrogen-bond acceptors (Lipinski definition) is 0. The van der Waals surface area contributed by atoms with Gasteiger partial charge in [0.2, 0.25) is 0 Å². The van der Waals surface area contributed by atoms with Crippen molar-refractivity contribution in [2.75, 3.05) is 0 Å². The van der Waals surface area contributed by atoms with Crippen molar-refractivity contribution in [3.8, 4) is 55.6 Å². The molecular formula is C51H30. The van der Waals surface area contributed by atoms with Crippen molar-refractivity contribution in [2.45, 2.75) is 6.92 Å². The highest BCUT2D eigenvalue weighted by molar-refractivity contribution is 6.40. The highest BCUT2D eigenvalue weighted by Crippen LogP contribution is 2.60. The summed E-state index contributed by atoms with van der Waals surface area (Å²) in [6, 6.07) is 57.0. The van der Waals surface area contributed by atoms with Crippen LogP contribution in [-0.4, -0.2) is 0 Å². The van der Waals surface area contributed by atoms with Gasteiger partial charge in [0.05, 0.1) is 0 Å². The lowest BCUT2D eigenvalue weighted by Crippen LogP contribution is -1.96. The Hall–Kier alpha value is -6.50. The number of rotatable bonds is 3. The zero-order chi connectivity index (χ0) is 33.4. The predicted octanol–water partition coefficient (Wildman–Crippen LogP) is 14.3. The van der Waals surface area contributed by atoms with Gasteiger partial charge in [-0.15, -0.1) is 0 Å². The van der Waals surface area contributed by atoms with Crippen LogP contribution in [0.3, 0.4) is 0 Å². The van der Waals surface area contributed by atoms with Crippen molar-refractivity contribution in [1.29, 1.82) is 0 Å². The standard InChI is InChI=1S/C51H30/c1-29-11-5-6-14-33(29)45-36-17-9-10-18-37(36)48(35-16-8-7-15-34(35)30-12-3-2-4-13-30)51-43-28-26-41-39-24-22-32-20-19-31-21-23-38(46(39)44(31)32)40-25-27-42(50(45)51)49(43)47(40)41/h2-28H,1H3. The number of fused-ring (bicyclic) bond motifs is 6. The third-order valence-electron chi connectivity index (χ3n) is 11.9. The SMILES string of the molecule is Cc1ccccc1-c1c2c(c(-c3ccccc3-c3ccccc3)c3ccccc13)-c1ccc3c4ccc5c6c(ccc(c7ccc-2c1c73)c64)C=C5. The lowest BCUT2D eigenvalue weighted by atomic mass is 9.80. The summed E-state index contributed by atoms with van der Waals surface area (Å²) in [6.07, 6.45) is 4.54. The Labute approximate surface area is 295 Å². The molecule has 0 radical (unpaired) electrons. The first-order valence-corrected chi connectivity index (χ1v) is 17.9. The molecule has 0 heterocycles. The van der Waals surface area contributed by atoms with E-state index in [9.17, 15) is 0 Å². The lowest BCUT2D eigenvalue weighted by Gasteiger charge is -2.22. The van der Waals surface area contributed by atoms with Crippen molar-refractivity contribution >= 4 is 66.0 Å². The molecule has 10 aromatic carbocycles. The summed E-state index contributed by atoms with van der Waals surface area (Å²) in [5.41, 5.74) is 17.0. The van der Waals surface area contributed by atoms with Gasteiger partial charge in [0.25, 0.3) is 0 Å².